The topological polar surface area (TPSA) is 63.3 Å². The van der Waals surface area contributed by atoms with Gasteiger partial charge in [-0.05, 0) is 18.6 Å². The van der Waals surface area contributed by atoms with E-state index in [0.717, 1.165) is 19.4 Å². The summed E-state index contributed by atoms with van der Waals surface area (Å²) < 4.78 is 13.2. The van der Waals surface area contributed by atoms with Gasteiger partial charge in [0.2, 0.25) is 0 Å². The van der Waals surface area contributed by atoms with Crippen molar-refractivity contribution in [3.8, 4) is 0 Å². The summed E-state index contributed by atoms with van der Waals surface area (Å²) in [4.78, 5) is 7.89. The van der Waals surface area contributed by atoms with E-state index in [1.54, 1.807) is 6.07 Å². The molecule has 0 aliphatic heterocycles. The van der Waals surface area contributed by atoms with E-state index in [1.807, 2.05) is 0 Å². The van der Waals surface area contributed by atoms with Crippen LogP contribution < -0.4 is 11.1 Å². The zero-order valence-electron chi connectivity index (χ0n) is 9.41. The van der Waals surface area contributed by atoms with Crippen LogP contribution in [0.1, 0.15) is 25.5 Å². The van der Waals surface area contributed by atoms with Gasteiger partial charge in [0.05, 0.1) is 12.2 Å². The summed E-state index contributed by atoms with van der Waals surface area (Å²) >= 11 is 0. The summed E-state index contributed by atoms with van der Waals surface area (Å²) in [5.74, 6) is -0.0221. The van der Waals surface area contributed by atoms with Gasteiger partial charge < -0.3 is 11.1 Å². The van der Waals surface area contributed by atoms with Crippen molar-refractivity contribution in [3.63, 3.8) is 0 Å². The minimum Gasteiger partial charge on any atom is -0.370 e. The van der Waals surface area contributed by atoms with Crippen molar-refractivity contribution < 1.29 is 4.39 Å². The molecule has 5 heteroatoms. The smallest absolute Gasteiger partial charge is 0.188 e. The molecule has 0 bridgehead atoms. The maximum absolute atomic E-state index is 13.2. The van der Waals surface area contributed by atoms with E-state index >= 15 is 0 Å². The first-order valence-electron chi connectivity index (χ1n) is 5.37. The molecule has 0 fully saturated rings. The lowest BCUT2D eigenvalue weighted by Crippen LogP contribution is -2.32. The second-order valence-electron chi connectivity index (χ2n) is 3.41. The van der Waals surface area contributed by atoms with Gasteiger partial charge in [-0.3, -0.25) is 4.98 Å². The molecule has 1 aromatic rings. The van der Waals surface area contributed by atoms with Crippen LogP contribution in [-0.4, -0.2) is 17.5 Å². The molecule has 3 N–H and O–H groups in total. The lowest BCUT2D eigenvalue weighted by molar-refractivity contribution is 0.599. The SMILES string of the molecule is CCCCNC(N)=NCc1ncccc1F. The van der Waals surface area contributed by atoms with Crippen molar-refractivity contribution in [2.45, 2.75) is 26.3 Å². The highest BCUT2D eigenvalue weighted by molar-refractivity contribution is 5.77. The normalized spacial score (nSPS) is 11.5. The molecular formula is C11H17FN4. The Labute approximate surface area is 94.8 Å². The Morgan fingerprint density at radius 1 is 1.62 bits per heavy atom. The quantitative estimate of drug-likeness (QED) is 0.452. The van der Waals surface area contributed by atoms with Gasteiger partial charge in [-0.2, -0.15) is 0 Å². The standard InChI is InChI=1S/C11H17FN4/c1-2-3-6-15-11(13)16-8-10-9(12)5-4-7-14-10/h4-5,7H,2-3,6,8H2,1H3,(H3,13,15,16). The zero-order valence-corrected chi connectivity index (χ0v) is 9.41. The monoisotopic (exact) mass is 224 g/mol. The molecule has 0 spiro atoms. The van der Waals surface area contributed by atoms with Crippen molar-refractivity contribution in [1.29, 1.82) is 0 Å². The Hall–Kier alpha value is -1.65. The minimum atomic E-state index is -0.354. The zero-order chi connectivity index (χ0) is 11.8. The predicted molar refractivity (Wildman–Crippen MR) is 62.4 cm³/mol. The highest BCUT2D eigenvalue weighted by Crippen LogP contribution is 2.03. The van der Waals surface area contributed by atoms with Crippen LogP contribution in [0.2, 0.25) is 0 Å². The van der Waals surface area contributed by atoms with Crippen LogP contribution in [0, 0.1) is 5.82 Å². The fraction of sp³-hybridized carbons (Fsp3) is 0.455. The van der Waals surface area contributed by atoms with Gasteiger partial charge in [0.1, 0.15) is 5.82 Å². The third-order valence-electron chi connectivity index (χ3n) is 2.07. The molecule has 0 aliphatic carbocycles. The van der Waals surface area contributed by atoms with Crippen molar-refractivity contribution in [1.82, 2.24) is 10.3 Å². The molecule has 0 saturated carbocycles. The summed E-state index contributed by atoms with van der Waals surface area (Å²) in [7, 11) is 0. The molecule has 0 unspecified atom stereocenters. The van der Waals surface area contributed by atoms with E-state index in [9.17, 15) is 4.39 Å². The van der Waals surface area contributed by atoms with Gasteiger partial charge in [-0.25, -0.2) is 9.38 Å². The maximum Gasteiger partial charge on any atom is 0.188 e. The number of rotatable bonds is 5. The van der Waals surface area contributed by atoms with Crippen molar-refractivity contribution in [2.75, 3.05) is 6.54 Å². The maximum atomic E-state index is 13.2. The van der Waals surface area contributed by atoms with Crippen LogP contribution in [0.3, 0.4) is 0 Å². The number of hydrogen-bond donors (Lipinski definition) is 2. The average Bonchev–Trinajstić information content (AvgIpc) is 2.28. The first-order valence-corrected chi connectivity index (χ1v) is 5.37. The molecule has 0 saturated heterocycles. The van der Waals surface area contributed by atoms with E-state index in [0.29, 0.717) is 11.7 Å². The van der Waals surface area contributed by atoms with Crippen LogP contribution in [0.5, 0.6) is 0 Å². The summed E-state index contributed by atoms with van der Waals surface area (Å²) in [6.45, 7) is 3.05. The van der Waals surface area contributed by atoms with E-state index < -0.39 is 0 Å². The molecule has 16 heavy (non-hydrogen) atoms. The highest BCUT2D eigenvalue weighted by atomic mass is 19.1. The first kappa shape index (κ1) is 12.4. The average molecular weight is 224 g/mol. The number of aliphatic imine (C=N–C) groups is 1. The van der Waals surface area contributed by atoms with Crippen molar-refractivity contribution in [2.24, 2.45) is 10.7 Å². The van der Waals surface area contributed by atoms with Crippen LogP contribution in [0.25, 0.3) is 0 Å². The Bertz CT molecular complexity index is 352. The lowest BCUT2D eigenvalue weighted by atomic mass is 10.3. The summed E-state index contributed by atoms with van der Waals surface area (Å²) in [6, 6.07) is 2.91. The number of nitrogens with two attached hydrogens (primary N) is 1. The molecule has 1 aromatic heterocycles. The van der Waals surface area contributed by atoms with E-state index in [2.05, 4.69) is 22.2 Å². The van der Waals surface area contributed by atoms with Gasteiger partial charge in [-0.1, -0.05) is 13.3 Å². The molecule has 4 nitrogen and oxygen atoms in total. The number of aromatic nitrogens is 1. The third-order valence-corrected chi connectivity index (χ3v) is 2.07. The van der Waals surface area contributed by atoms with Crippen LogP contribution in [0.15, 0.2) is 23.3 Å². The second-order valence-corrected chi connectivity index (χ2v) is 3.41. The van der Waals surface area contributed by atoms with Gasteiger partial charge in [0.25, 0.3) is 0 Å². The Balaban J connectivity index is 2.43. The number of halogens is 1. The van der Waals surface area contributed by atoms with Crippen molar-refractivity contribution >= 4 is 5.96 Å². The van der Waals surface area contributed by atoms with E-state index in [1.165, 1.54) is 12.3 Å². The second kappa shape index (κ2) is 6.76. The number of hydrogen-bond acceptors (Lipinski definition) is 2. The molecule has 0 atom stereocenters. The molecule has 0 aliphatic rings. The highest BCUT2D eigenvalue weighted by Gasteiger charge is 2.00. The number of guanidine groups is 1. The summed E-state index contributed by atoms with van der Waals surface area (Å²) in [5.41, 5.74) is 5.91. The third kappa shape index (κ3) is 4.25. The minimum absolute atomic E-state index is 0.164. The molecule has 88 valence electrons. The Morgan fingerprint density at radius 3 is 3.12 bits per heavy atom. The summed E-state index contributed by atoms with van der Waals surface area (Å²) in [6.07, 6.45) is 3.66. The van der Waals surface area contributed by atoms with Gasteiger partial charge in [-0.15, -0.1) is 0 Å². The van der Waals surface area contributed by atoms with Crippen molar-refractivity contribution in [3.05, 3.63) is 29.8 Å². The van der Waals surface area contributed by atoms with Crippen LogP contribution in [-0.2, 0) is 6.54 Å². The predicted octanol–water partition coefficient (Wildman–Crippen LogP) is 1.43. The largest absolute Gasteiger partial charge is 0.370 e. The molecule has 0 amide bonds. The number of unbranched alkanes of at least 4 members (excludes halogenated alkanes) is 1. The Kier molecular flexibility index (Phi) is 5.25. The molecule has 0 radical (unpaired) electrons. The number of pyridine rings is 1. The number of nitrogens with zero attached hydrogens (tertiary/aromatic N) is 2. The fourth-order valence-electron chi connectivity index (χ4n) is 1.14. The Morgan fingerprint density at radius 2 is 2.44 bits per heavy atom. The van der Waals surface area contributed by atoms with Gasteiger partial charge in [0, 0.05) is 12.7 Å². The molecule has 1 heterocycles. The van der Waals surface area contributed by atoms with E-state index in [-0.39, 0.29) is 12.4 Å². The molecule has 0 aromatic carbocycles. The lowest BCUT2D eigenvalue weighted by Gasteiger charge is -2.04. The first-order chi connectivity index (χ1) is 7.74. The molecule has 1 rings (SSSR count). The number of nitrogens with one attached hydrogen (secondary N) is 1. The van der Waals surface area contributed by atoms with Crippen LogP contribution >= 0.6 is 0 Å². The molecular weight excluding hydrogens is 207 g/mol. The fourth-order valence-corrected chi connectivity index (χ4v) is 1.14. The van der Waals surface area contributed by atoms with Gasteiger partial charge >= 0.3 is 0 Å². The summed E-state index contributed by atoms with van der Waals surface area (Å²) in [5, 5.41) is 2.95. The van der Waals surface area contributed by atoms with E-state index in [4.69, 9.17) is 5.73 Å². The van der Waals surface area contributed by atoms with Gasteiger partial charge in [0.15, 0.2) is 5.96 Å². The van der Waals surface area contributed by atoms with Crippen LogP contribution in [0.4, 0.5) is 4.39 Å².